The van der Waals surface area contributed by atoms with Crippen LogP contribution in [0.2, 0.25) is 0 Å². The van der Waals surface area contributed by atoms with Crippen LogP contribution in [0.5, 0.6) is 0 Å². The van der Waals surface area contributed by atoms with E-state index in [4.69, 9.17) is 15.2 Å². The molecule has 0 aromatic heterocycles. The summed E-state index contributed by atoms with van der Waals surface area (Å²) < 4.78 is 24.1. The molecule has 0 heterocycles. The van der Waals surface area contributed by atoms with E-state index in [-0.39, 0.29) is 18.0 Å². The third-order valence-corrected chi connectivity index (χ3v) is 2.93. The Morgan fingerprint density at radius 3 is 2.37 bits per heavy atom. The standard InChI is InChI=1S/C15H24FNO2/c1-3-9-18-10-11-19-15(14(17)4-2)12-5-7-13(16)8-6-12/h5-8,14-15H,3-4,9-11,17H2,1-2H3. The van der Waals surface area contributed by atoms with Crippen molar-refractivity contribution in [2.45, 2.75) is 38.8 Å². The van der Waals surface area contributed by atoms with Gasteiger partial charge in [-0.05, 0) is 30.5 Å². The van der Waals surface area contributed by atoms with Crippen LogP contribution in [0.1, 0.15) is 38.4 Å². The first-order chi connectivity index (χ1) is 9.19. The van der Waals surface area contributed by atoms with Crippen molar-refractivity contribution in [2.24, 2.45) is 5.73 Å². The predicted octanol–water partition coefficient (Wildman–Crippen LogP) is 3.05. The van der Waals surface area contributed by atoms with Gasteiger partial charge in [0.1, 0.15) is 5.82 Å². The summed E-state index contributed by atoms with van der Waals surface area (Å²) in [6, 6.07) is 6.21. The number of hydrogen-bond donors (Lipinski definition) is 1. The second-order valence-electron chi connectivity index (χ2n) is 4.53. The Labute approximate surface area is 114 Å². The summed E-state index contributed by atoms with van der Waals surface area (Å²) in [7, 11) is 0. The monoisotopic (exact) mass is 269 g/mol. The summed E-state index contributed by atoms with van der Waals surface area (Å²) in [5, 5.41) is 0. The molecule has 0 radical (unpaired) electrons. The summed E-state index contributed by atoms with van der Waals surface area (Å²) in [6.45, 7) is 5.87. The number of ether oxygens (including phenoxy) is 2. The van der Waals surface area contributed by atoms with Gasteiger partial charge in [0.25, 0.3) is 0 Å². The van der Waals surface area contributed by atoms with Crippen LogP contribution in [0.25, 0.3) is 0 Å². The van der Waals surface area contributed by atoms with Crippen molar-refractivity contribution in [1.29, 1.82) is 0 Å². The maximum atomic E-state index is 12.9. The molecule has 0 amide bonds. The van der Waals surface area contributed by atoms with Gasteiger partial charge in [-0.25, -0.2) is 4.39 Å². The minimum absolute atomic E-state index is 0.100. The lowest BCUT2D eigenvalue weighted by Gasteiger charge is -2.24. The van der Waals surface area contributed by atoms with Gasteiger partial charge in [-0.2, -0.15) is 0 Å². The van der Waals surface area contributed by atoms with Crippen LogP contribution in [0.4, 0.5) is 4.39 Å². The molecule has 1 aromatic carbocycles. The van der Waals surface area contributed by atoms with Crippen molar-refractivity contribution in [3.8, 4) is 0 Å². The lowest BCUT2D eigenvalue weighted by Crippen LogP contribution is -2.30. The summed E-state index contributed by atoms with van der Waals surface area (Å²) >= 11 is 0. The average Bonchev–Trinajstić information content (AvgIpc) is 2.43. The number of nitrogens with two attached hydrogens (primary N) is 1. The smallest absolute Gasteiger partial charge is 0.123 e. The molecule has 0 spiro atoms. The Morgan fingerprint density at radius 1 is 1.11 bits per heavy atom. The first kappa shape index (κ1) is 16.1. The molecule has 0 saturated heterocycles. The molecule has 108 valence electrons. The van der Waals surface area contributed by atoms with Crippen LogP contribution in [-0.2, 0) is 9.47 Å². The van der Waals surface area contributed by atoms with Gasteiger partial charge >= 0.3 is 0 Å². The Kier molecular flexibility index (Phi) is 7.63. The van der Waals surface area contributed by atoms with Crippen LogP contribution < -0.4 is 5.73 Å². The molecule has 0 fully saturated rings. The third-order valence-electron chi connectivity index (χ3n) is 2.93. The molecule has 4 heteroatoms. The largest absolute Gasteiger partial charge is 0.379 e. The number of halogens is 1. The highest BCUT2D eigenvalue weighted by atomic mass is 19.1. The molecular formula is C15H24FNO2. The molecule has 0 bridgehead atoms. The van der Waals surface area contributed by atoms with Crippen molar-refractivity contribution in [2.75, 3.05) is 19.8 Å². The van der Waals surface area contributed by atoms with Gasteiger partial charge in [0.15, 0.2) is 0 Å². The van der Waals surface area contributed by atoms with Crippen molar-refractivity contribution in [3.05, 3.63) is 35.6 Å². The molecule has 1 rings (SSSR count). The maximum Gasteiger partial charge on any atom is 0.123 e. The quantitative estimate of drug-likeness (QED) is 0.701. The zero-order chi connectivity index (χ0) is 14.1. The van der Waals surface area contributed by atoms with Gasteiger partial charge in [-0.15, -0.1) is 0 Å². The van der Waals surface area contributed by atoms with Crippen LogP contribution in [0, 0.1) is 5.82 Å². The zero-order valence-corrected chi connectivity index (χ0v) is 11.8. The summed E-state index contributed by atoms with van der Waals surface area (Å²) in [5.41, 5.74) is 6.98. The third kappa shape index (κ3) is 5.68. The lowest BCUT2D eigenvalue weighted by molar-refractivity contribution is -0.00768. The van der Waals surface area contributed by atoms with Gasteiger partial charge in [0.2, 0.25) is 0 Å². The minimum Gasteiger partial charge on any atom is -0.379 e. The zero-order valence-electron chi connectivity index (χ0n) is 11.8. The highest BCUT2D eigenvalue weighted by Gasteiger charge is 2.19. The highest BCUT2D eigenvalue weighted by molar-refractivity contribution is 5.20. The molecule has 0 aliphatic rings. The molecule has 0 saturated carbocycles. The van der Waals surface area contributed by atoms with Gasteiger partial charge in [0, 0.05) is 12.6 Å². The van der Waals surface area contributed by atoms with E-state index in [1.807, 2.05) is 6.92 Å². The maximum absolute atomic E-state index is 12.9. The number of hydrogen-bond acceptors (Lipinski definition) is 3. The Hall–Kier alpha value is -0.970. The average molecular weight is 269 g/mol. The van der Waals surface area contributed by atoms with Crippen LogP contribution in [0.15, 0.2) is 24.3 Å². The second-order valence-corrected chi connectivity index (χ2v) is 4.53. The molecule has 0 aliphatic carbocycles. The van der Waals surface area contributed by atoms with Crippen LogP contribution in [-0.4, -0.2) is 25.9 Å². The van der Waals surface area contributed by atoms with Gasteiger partial charge in [-0.3, -0.25) is 0 Å². The van der Waals surface area contributed by atoms with Gasteiger partial charge < -0.3 is 15.2 Å². The first-order valence-corrected chi connectivity index (χ1v) is 6.89. The minimum atomic E-state index is -0.251. The van der Waals surface area contributed by atoms with E-state index >= 15 is 0 Å². The van der Waals surface area contributed by atoms with E-state index in [9.17, 15) is 4.39 Å². The van der Waals surface area contributed by atoms with Gasteiger partial charge in [-0.1, -0.05) is 26.0 Å². The van der Waals surface area contributed by atoms with Crippen molar-refractivity contribution < 1.29 is 13.9 Å². The van der Waals surface area contributed by atoms with E-state index in [2.05, 4.69) is 6.92 Å². The fourth-order valence-electron chi connectivity index (χ4n) is 1.81. The molecule has 2 unspecified atom stereocenters. The van der Waals surface area contributed by atoms with Crippen molar-refractivity contribution >= 4 is 0 Å². The van der Waals surface area contributed by atoms with E-state index in [1.165, 1.54) is 12.1 Å². The van der Waals surface area contributed by atoms with Gasteiger partial charge in [0.05, 0.1) is 19.3 Å². The lowest BCUT2D eigenvalue weighted by atomic mass is 10.0. The highest BCUT2D eigenvalue weighted by Crippen LogP contribution is 2.22. The Bertz CT molecular complexity index is 343. The summed E-state index contributed by atoms with van der Waals surface area (Å²) in [4.78, 5) is 0. The summed E-state index contributed by atoms with van der Waals surface area (Å²) in [5.74, 6) is -0.251. The van der Waals surface area contributed by atoms with Crippen LogP contribution in [0.3, 0.4) is 0 Å². The molecule has 2 N–H and O–H groups in total. The normalized spacial score (nSPS) is 14.3. The predicted molar refractivity (Wildman–Crippen MR) is 74.5 cm³/mol. The molecule has 19 heavy (non-hydrogen) atoms. The van der Waals surface area contributed by atoms with Crippen molar-refractivity contribution in [1.82, 2.24) is 0 Å². The van der Waals surface area contributed by atoms with E-state index < -0.39 is 0 Å². The fraction of sp³-hybridized carbons (Fsp3) is 0.600. The molecular weight excluding hydrogens is 245 g/mol. The van der Waals surface area contributed by atoms with Crippen LogP contribution >= 0.6 is 0 Å². The topological polar surface area (TPSA) is 44.5 Å². The Balaban J connectivity index is 2.54. The van der Waals surface area contributed by atoms with E-state index in [1.54, 1.807) is 12.1 Å². The second kappa shape index (κ2) is 9.02. The number of rotatable bonds is 9. The van der Waals surface area contributed by atoms with E-state index in [0.717, 1.165) is 25.0 Å². The molecule has 3 nitrogen and oxygen atoms in total. The molecule has 1 aromatic rings. The fourth-order valence-corrected chi connectivity index (χ4v) is 1.81. The molecule has 0 aliphatic heterocycles. The Morgan fingerprint density at radius 2 is 1.79 bits per heavy atom. The number of benzene rings is 1. The SMILES string of the molecule is CCCOCCOC(c1ccc(F)cc1)C(N)CC. The summed E-state index contributed by atoms with van der Waals surface area (Å²) in [6.07, 6.45) is 1.59. The molecule has 2 atom stereocenters. The van der Waals surface area contributed by atoms with E-state index in [0.29, 0.717) is 13.2 Å². The van der Waals surface area contributed by atoms with Crippen molar-refractivity contribution in [3.63, 3.8) is 0 Å². The first-order valence-electron chi connectivity index (χ1n) is 6.89.